The normalized spacial score (nSPS) is 10.7. The molecule has 1 aromatic heterocycles. The summed E-state index contributed by atoms with van der Waals surface area (Å²) >= 11 is 0. The van der Waals surface area contributed by atoms with E-state index in [0.717, 1.165) is 23.0 Å². The molecule has 3 rings (SSSR count). The summed E-state index contributed by atoms with van der Waals surface area (Å²) in [6.45, 7) is 0.198. The Balaban J connectivity index is 1.44. The molecule has 0 aliphatic rings. The van der Waals surface area contributed by atoms with Gasteiger partial charge in [0.05, 0.1) is 17.3 Å². The van der Waals surface area contributed by atoms with Crippen LogP contribution in [-0.4, -0.2) is 28.6 Å². The van der Waals surface area contributed by atoms with Crippen LogP contribution in [0.3, 0.4) is 0 Å². The Morgan fingerprint density at radius 2 is 1.96 bits per heavy atom. The minimum atomic E-state index is -0.921. The highest BCUT2D eigenvalue weighted by Gasteiger charge is 2.12. The van der Waals surface area contributed by atoms with Crippen LogP contribution in [0, 0.1) is 11.6 Å². The van der Waals surface area contributed by atoms with Crippen molar-refractivity contribution >= 4 is 28.4 Å². The van der Waals surface area contributed by atoms with Crippen LogP contribution in [0.2, 0.25) is 0 Å². The van der Waals surface area contributed by atoms with E-state index in [1.165, 1.54) is 0 Å². The molecule has 0 unspecified atom stereocenters. The Morgan fingerprint density at radius 1 is 1.12 bits per heavy atom. The first-order valence-electron chi connectivity index (χ1n) is 7.99. The van der Waals surface area contributed by atoms with E-state index in [2.05, 4.69) is 20.8 Å². The number of nitrogens with zero attached hydrogens (tertiary/aromatic N) is 1. The van der Waals surface area contributed by atoms with Crippen molar-refractivity contribution in [2.75, 3.05) is 11.9 Å². The Morgan fingerprint density at radius 3 is 2.77 bits per heavy atom. The van der Waals surface area contributed by atoms with Gasteiger partial charge in [0.25, 0.3) is 5.91 Å². The average Bonchev–Trinajstić information content (AvgIpc) is 3.06. The first kappa shape index (κ1) is 17.5. The fourth-order valence-corrected chi connectivity index (χ4v) is 2.46. The second-order valence-electron chi connectivity index (χ2n) is 5.70. The molecule has 26 heavy (non-hydrogen) atoms. The minimum absolute atomic E-state index is 0.190. The smallest absolute Gasteiger partial charge is 0.254 e. The molecule has 8 heteroatoms. The number of rotatable bonds is 6. The van der Waals surface area contributed by atoms with Crippen LogP contribution in [-0.2, 0) is 4.79 Å². The van der Waals surface area contributed by atoms with Crippen LogP contribution in [0.15, 0.2) is 42.6 Å². The molecule has 2 aromatic carbocycles. The monoisotopic (exact) mass is 358 g/mol. The number of benzene rings is 2. The maximum atomic E-state index is 13.5. The number of amides is 2. The fourth-order valence-electron chi connectivity index (χ4n) is 2.46. The lowest BCUT2D eigenvalue weighted by Crippen LogP contribution is -2.26. The summed E-state index contributed by atoms with van der Waals surface area (Å²) < 4.78 is 26.3. The van der Waals surface area contributed by atoms with Gasteiger partial charge in [-0.2, -0.15) is 5.10 Å². The van der Waals surface area contributed by atoms with Crippen molar-refractivity contribution in [2.45, 2.75) is 12.8 Å². The lowest BCUT2D eigenvalue weighted by Gasteiger charge is -2.07. The van der Waals surface area contributed by atoms with Gasteiger partial charge in [-0.1, -0.05) is 0 Å². The molecule has 0 saturated heterocycles. The zero-order valence-electron chi connectivity index (χ0n) is 13.7. The maximum Gasteiger partial charge on any atom is 0.254 e. The Labute approximate surface area is 147 Å². The van der Waals surface area contributed by atoms with Gasteiger partial charge in [0.15, 0.2) is 0 Å². The number of hydrogen-bond acceptors (Lipinski definition) is 3. The van der Waals surface area contributed by atoms with E-state index >= 15 is 0 Å². The van der Waals surface area contributed by atoms with Gasteiger partial charge in [-0.25, -0.2) is 8.78 Å². The highest BCUT2D eigenvalue weighted by molar-refractivity contribution is 5.95. The number of hydrogen-bond donors (Lipinski definition) is 3. The zero-order chi connectivity index (χ0) is 18.5. The van der Waals surface area contributed by atoms with Crippen molar-refractivity contribution in [3.05, 3.63) is 59.8 Å². The van der Waals surface area contributed by atoms with Crippen LogP contribution >= 0.6 is 0 Å². The first-order chi connectivity index (χ1) is 12.5. The number of nitrogens with one attached hydrogen (secondary N) is 3. The summed E-state index contributed by atoms with van der Waals surface area (Å²) in [6, 6.07) is 8.13. The predicted octanol–water partition coefficient (Wildman–Crippen LogP) is 2.99. The van der Waals surface area contributed by atoms with E-state index in [9.17, 15) is 18.4 Å². The highest BCUT2D eigenvalue weighted by atomic mass is 19.1. The number of aromatic amines is 1. The van der Waals surface area contributed by atoms with Crippen LogP contribution in [0.5, 0.6) is 0 Å². The van der Waals surface area contributed by atoms with Crippen molar-refractivity contribution in [3.63, 3.8) is 0 Å². The first-order valence-corrected chi connectivity index (χ1v) is 7.99. The predicted molar refractivity (Wildman–Crippen MR) is 92.6 cm³/mol. The van der Waals surface area contributed by atoms with Gasteiger partial charge >= 0.3 is 0 Å². The molecule has 3 N–H and O–H groups in total. The molecule has 0 radical (unpaired) electrons. The van der Waals surface area contributed by atoms with Gasteiger partial charge in [0.2, 0.25) is 5.91 Å². The molecule has 1 heterocycles. The van der Waals surface area contributed by atoms with E-state index in [-0.39, 0.29) is 24.4 Å². The number of halogens is 2. The van der Waals surface area contributed by atoms with Crippen molar-refractivity contribution in [2.24, 2.45) is 0 Å². The van der Waals surface area contributed by atoms with E-state index in [4.69, 9.17) is 0 Å². The third-order valence-electron chi connectivity index (χ3n) is 3.77. The summed E-state index contributed by atoms with van der Waals surface area (Å²) in [5, 5.41) is 12.9. The largest absolute Gasteiger partial charge is 0.352 e. The molecular weight excluding hydrogens is 342 g/mol. The van der Waals surface area contributed by atoms with Crippen molar-refractivity contribution in [3.8, 4) is 0 Å². The molecule has 134 valence electrons. The second-order valence-corrected chi connectivity index (χ2v) is 5.70. The van der Waals surface area contributed by atoms with Gasteiger partial charge < -0.3 is 10.6 Å². The summed E-state index contributed by atoms with van der Waals surface area (Å²) in [6.07, 6.45) is 2.24. The van der Waals surface area contributed by atoms with Crippen LogP contribution in [0.25, 0.3) is 10.9 Å². The zero-order valence-corrected chi connectivity index (χ0v) is 13.7. The van der Waals surface area contributed by atoms with Gasteiger partial charge in [-0.3, -0.25) is 14.7 Å². The molecule has 0 aliphatic heterocycles. The summed E-state index contributed by atoms with van der Waals surface area (Å²) in [5.41, 5.74) is 1.30. The SMILES string of the molecule is O=C(CCCNC(=O)c1ccc(F)cc1F)Nc1ccc2[nH]ncc2c1. The summed E-state index contributed by atoms with van der Waals surface area (Å²) in [5.74, 6) is -2.51. The standard InChI is InChI=1S/C18H16F2N4O2/c19-12-3-5-14(15(20)9-12)18(26)21-7-1-2-17(25)23-13-4-6-16-11(8-13)10-22-24-16/h3-6,8-10H,1-2,7H2,(H,21,26)(H,22,24)(H,23,25). The summed E-state index contributed by atoms with van der Waals surface area (Å²) in [4.78, 5) is 23.8. The quantitative estimate of drug-likeness (QED) is 0.592. The van der Waals surface area contributed by atoms with E-state index in [1.54, 1.807) is 18.3 Å². The minimum Gasteiger partial charge on any atom is -0.352 e. The molecule has 6 nitrogen and oxygen atoms in total. The van der Waals surface area contributed by atoms with Gasteiger partial charge in [0, 0.05) is 30.1 Å². The van der Waals surface area contributed by atoms with Gasteiger partial charge in [-0.15, -0.1) is 0 Å². The van der Waals surface area contributed by atoms with E-state index < -0.39 is 17.5 Å². The highest BCUT2D eigenvalue weighted by Crippen LogP contribution is 2.17. The number of carbonyl (C=O) groups is 2. The van der Waals surface area contributed by atoms with Crippen LogP contribution in [0.1, 0.15) is 23.2 Å². The average molecular weight is 358 g/mol. The maximum absolute atomic E-state index is 13.5. The van der Waals surface area contributed by atoms with Gasteiger partial charge in [-0.05, 0) is 36.8 Å². The van der Waals surface area contributed by atoms with Crippen LogP contribution in [0.4, 0.5) is 14.5 Å². The molecule has 0 bridgehead atoms. The topological polar surface area (TPSA) is 86.9 Å². The van der Waals surface area contributed by atoms with Crippen molar-refractivity contribution in [1.82, 2.24) is 15.5 Å². The molecule has 0 atom stereocenters. The molecular formula is C18H16F2N4O2. The van der Waals surface area contributed by atoms with Crippen molar-refractivity contribution < 1.29 is 18.4 Å². The molecule has 2 amide bonds. The molecule has 0 spiro atoms. The van der Waals surface area contributed by atoms with Crippen LogP contribution < -0.4 is 10.6 Å². The number of aromatic nitrogens is 2. The molecule has 0 saturated carbocycles. The second kappa shape index (κ2) is 7.73. The Bertz CT molecular complexity index is 955. The van der Waals surface area contributed by atoms with E-state index in [0.29, 0.717) is 18.2 Å². The third-order valence-corrected chi connectivity index (χ3v) is 3.77. The van der Waals surface area contributed by atoms with E-state index in [1.807, 2.05) is 6.07 Å². The van der Waals surface area contributed by atoms with Crippen molar-refractivity contribution in [1.29, 1.82) is 0 Å². The Hall–Kier alpha value is -3.29. The number of carbonyl (C=O) groups excluding carboxylic acids is 2. The number of anilines is 1. The fraction of sp³-hybridized carbons (Fsp3) is 0.167. The molecule has 0 aliphatic carbocycles. The molecule has 3 aromatic rings. The third kappa shape index (κ3) is 4.21. The lowest BCUT2D eigenvalue weighted by atomic mass is 10.2. The van der Waals surface area contributed by atoms with Gasteiger partial charge in [0.1, 0.15) is 11.6 Å². The number of H-pyrrole nitrogens is 1. The lowest BCUT2D eigenvalue weighted by molar-refractivity contribution is -0.116. The molecule has 0 fully saturated rings. The Kier molecular flexibility index (Phi) is 5.21. The number of fused-ring (bicyclic) bond motifs is 1. The summed E-state index contributed by atoms with van der Waals surface area (Å²) in [7, 11) is 0.